The summed E-state index contributed by atoms with van der Waals surface area (Å²) in [7, 11) is 0. The Bertz CT molecular complexity index is 223. The molecule has 100 valence electrons. The van der Waals surface area contributed by atoms with E-state index in [0.29, 0.717) is 6.61 Å². The molecule has 1 N–H and O–H groups in total. The van der Waals surface area contributed by atoms with Gasteiger partial charge in [-0.2, -0.15) is 0 Å². The van der Waals surface area contributed by atoms with Gasteiger partial charge < -0.3 is 10.1 Å². The molecule has 0 bridgehead atoms. The van der Waals surface area contributed by atoms with Crippen molar-refractivity contribution in [3.8, 4) is 0 Å². The zero-order chi connectivity index (χ0) is 12.7. The number of hydrogen-bond acceptors (Lipinski definition) is 3. The lowest BCUT2D eigenvalue weighted by atomic mass is 10.2. The highest BCUT2D eigenvalue weighted by atomic mass is 16.5. The number of carbonyl (C=O) groups is 1. The molecule has 0 saturated carbocycles. The van der Waals surface area contributed by atoms with E-state index in [0.717, 1.165) is 38.0 Å². The molecule has 0 radical (unpaired) electrons. The summed E-state index contributed by atoms with van der Waals surface area (Å²) < 4.78 is 4.80. The fourth-order valence-electron chi connectivity index (χ4n) is 2.48. The lowest BCUT2D eigenvalue weighted by molar-refractivity contribution is 0.151. The molecule has 1 aliphatic rings. The predicted octanol–water partition coefficient (Wildman–Crippen LogP) is 2.39. The van der Waals surface area contributed by atoms with Gasteiger partial charge in [-0.25, -0.2) is 4.79 Å². The molecule has 4 heteroatoms. The molecule has 2 atom stereocenters. The highest BCUT2D eigenvalue weighted by Gasteiger charge is 2.26. The van der Waals surface area contributed by atoms with Crippen LogP contribution in [-0.4, -0.2) is 42.8 Å². The van der Waals surface area contributed by atoms with Crippen LogP contribution in [0.1, 0.15) is 46.5 Å². The zero-order valence-electron chi connectivity index (χ0n) is 11.4. The minimum absolute atomic E-state index is 0.296. The quantitative estimate of drug-likeness (QED) is 0.727. The van der Waals surface area contributed by atoms with Crippen LogP contribution < -0.4 is 5.32 Å². The number of amides is 1. The lowest BCUT2D eigenvalue weighted by Crippen LogP contribution is -2.34. The number of nitrogens with zero attached hydrogens (tertiary/aromatic N) is 1. The molecule has 0 unspecified atom stereocenters. The van der Waals surface area contributed by atoms with Crippen LogP contribution in [0.25, 0.3) is 0 Å². The molecule has 0 aliphatic carbocycles. The maximum absolute atomic E-state index is 11.0. The molecule has 0 aromatic carbocycles. The van der Waals surface area contributed by atoms with Gasteiger partial charge in [0.05, 0.1) is 6.61 Å². The van der Waals surface area contributed by atoms with Gasteiger partial charge in [0.2, 0.25) is 0 Å². The molecule has 0 spiro atoms. The molecule has 4 nitrogen and oxygen atoms in total. The summed E-state index contributed by atoms with van der Waals surface area (Å²) in [5.74, 6) is 0. The molecular weight excluding hydrogens is 216 g/mol. The zero-order valence-corrected chi connectivity index (χ0v) is 11.4. The van der Waals surface area contributed by atoms with Crippen molar-refractivity contribution in [2.45, 2.75) is 58.5 Å². The molecule has 1 aliphatic heterocycles. The van der Waals surface area contributed by atoms with Crippen molar-refractivity contribution < 1.29 is 9.53 Å². The third kappa shape index (κ3) is 4.94. The number of likely N-dealkylation sites (tertiary alicyclic amines) is 1. The van der Waals surface area contributed by atoms with E-state index in [2.05, 4.69) is 24.1 Å². The van der Waals surface area contributed by atoms with Crippen molar-refractivity contribution >= 4 is 6.09 Å². The number of nitrogens with one attached hydrogen (secondary N) is 1. The minimum atomic E-state index is -0.296. The number of carbonyl (C=O) groups excluding carboxylic acids is 1. The van der Waals surface area contributed by atoms with Crippen LogP contribution in [-0.2, 0) is 4.74 Å². The van der Waals surface area contributed by atoms with Gasteiger partial charge in [0.25, 0.3) is 0 Å². The predicted molar refractivity (Wildman–Crippen MR) is 69.1 cm³/mol. The van der Waals surface area contributed by atoms with E-state index in [9.17, 15) is 4.79 Å². The number of ether oxygens (including phenoxy) is 1. The molecule has 0 aromatic rings. The Morgan fingerprint density at radius 3 is 2.53 bits per heavy atom. The average Bonchev–Trinajstić information content (AvgIpc) is 2.60. The van der Waals surface area contributed by atoms with Crippen LogP contribution in [0.4, 0.5) is 4.79 Å². The molecule has 1 amide bonds. The maximum atomic E-state index is 11.0. The van der Waals surface area contributed by atoms with Gasteiger partial charge >= 0.3 is 6.09 Å². The van der Waals surface area contributed by atoms with Gasteiger partial charge in [-0.3, -0.25) is 4.90 Å². The first-order valence-electron chi connectivity index (χ1n) is 6.81. The topological polar surface area (TPSA) is 41.6 Å². The molecular formula is C13H26N2O2. The second-order valence-corrected chi connectivity index (χ2v) is 4.87. The van der Waals surface area contributed by atoms with Crippen molar-refractivity contribution in [2.24, 2.45) is 0 Å². The van der Waals surface area contributed by atoms with Crippen LogP contribution in [0.5, 0.6) is 0 Å². The number of alkyl carbamates (subject to hydrolysis) is 1. The Kier molecular flexibility index (Phi) is 6.34. The number of rotatable bonds is 6. The standard InChI is InChI=1S/C13H26N2O2/c1-4-17-13(16)14-9-5-6-10-15-11(2)7-8-12(15)3/h11-12H,4-10H2,1-3H3,(H,14,16)/t11-,12-/m1/s1. The molecule has 17 heavy (non-hydrogen) atoms. The van der Waals surface area contributed by atoms with E-state index in [4.69, 9.17) is 4.74 Å². The summed E-state index contributed by atoms with van der Waals surface area (Å²) in [5, 5.41) is 2.75. The van der Waals surface area contributed by atoms with Gasteiger partial charge in [-0.1, -0.05) is 0 Å². The third-order valence-corrected chi connectivity index (χ3v) is 3.52. The highest BCUT2D eigenvalue weighted by molar-refractivity contribution is 5.66. The molecule has 1 heterocycles. The Balaban J connectivity index is 2.02. The third-order valence-electron chi connectivity index (χ3n) is 3.52. The molecule has 0 aromatic heterocycles. The van der Waals surface area contributed by atoms with Gasteiger partial charge in [0.15, 0.2) is 0 Å². The smallest absolute Gasteiger partial charge is 0.407 e. The summed E-state index contributed by atoms with van der Waals surface area (Å²) in [6.07, 6.45) is 4.51. The average molecular weight is 242 g/mol. The van der Waals surface area contributed by atoms with Gasteiger partial charge in [0, 0.05) is 18.6 Å². The van der Waals surface area contributed by atoms with Crippen LogP contribution in [0.2, 0.25) is 0 Å². The maximum Gasteiger partial charge on any atom is 0.407 e. The van der Waals surface area contributed by atoms with E-state index < -0.39 is 0 Å². The van der Waals surface area contributed by atoms with Crippen LogP contribution >= 0.6 is 0 Å². The molecule has 1 fully saturated rings. The Morgan fingerprint density at radius 1 is 1.29 bits per heavy atom. The fraction of sp³-hybridized carbons (Fsp3) is 0.923. The van der Waals surface area contributed by atoms with Crippen molar-refractivity contribution in [2.75, 3.05) is 19.7 Å². The summed E-state index contributed by atoms with van der Waals surface area (Å²) >= 11 is 0. The second-order valence-electron chi connectivity index (χ2n) is 4.87. The number of unbranched alkanes of at least 4 members (excludes halogenated alkanes) is 1. The van der Waals surface area contributed by atoms with Crippen molar-refractivity contribution in [3.63, 3.8) is 0 Å². The van der Waals surface area contributed by atoms with Crippen LogP contribution in [0.15, 0.2) is 0 Å². The van der Waals surface area contributed by atoms with E-state index >= 15 is 0 Å². The fourth-order valence-corrected chi connectivity index (χ4v) is 2.48. The first-order valence-corrected chi connectivity index (χ1v) is 6.81. The van der Waals surface area contributed by atoms with E-state index in [1.165, 1.54) is 12.8 Å². The van der Waals surface area contributed by atoms with Crippen molar-refractivity contribution in [1.29, 1.82) is 0 Å². The van der Waals surface area contributed by atoms with Crippen molar-refractivity contribution in [1.82, 2.24) is 10.2 Å². The first kappa shape index (κ1) is 14.3. The summed E-state index contributed by atoms with van der Waals surface area (Å²) in [5.41, 5.74) is 0. The molecule has 1 rings (SSSR count). The van der Waals surface area contributed by atoms with Gasteiger partial charge in [0.1, 0.15) is 0 Å². The Morgan fingerprint density at radius 2 is 1.94 bits per heavy atom. The SMILES string of the molecule is CCOC(=O)NCCCCN1[C@H](C)CC[C@H]1C. The van der Waals surface area contributed by atoms with Gasteiger partial charge in [-0.05, 0) is 53.0 Å². The second kappa shape index (κ2) is 7.54. The summed E-state index contributed by atoms with van der Waals surface area (Å²) in [6.45, 7) is 8.73. The Hall–Kier alpha value is -0.770. The van der Waals surface area contributed by atoms with Crippen LogP contribution in [0, 0.1) is 0 Å². The summed E-state index contributed by atoms with van der Waals surface area (Å²) in [4.78, 5) is 13.6. The first-order chi connectivity index (χ1) is 8.15. The van der Waals surface area contributed by atoms with Gasteiger partial charge in [-0.15, -0.1) is 0 Å². The van der Waals surface area contributed by atoms with E-state index in [-0.39, 0.29) is 6.09 Å². The lowest BCUT2D eigenvalue weighted by Gasteiger charge is -2.25. The largest absolute Gasteiger partial charge is 0.450 e. The monoisotopic (exact) mass is 242 g/mol. The molecule has 1 saturated heterocycles. The Labute approximate surface area is 105 Å². The van der Waals surface area contributed by atoms with E-state index in [1.54, 1.807) is 0 Å². The van der Waals surface area contributed by atoms with E-state index in [1.807, 2.05) is 6.92 Å². The number of hydrogen-bond donors (Lipinski definition) is 1. The summed E-state index contributed by atoms with van der Waals surface area (Å²) in [6, 6.07) is 1.45. The minimum Gasteiger partial charge on any atom is -0.450 e. The normalized spacial score (nSPS) is 24.9. The van der Waals surface area contributed by atoms with Crippen LogP contribution in [0.3, 0.4) is 0 Å². The van der Waals surface area contributed by atoms with Crippen molar-refractivity contribution in [3.05, 3.63) is 0 Å². The highest BCUT2D eigenvalue weighted by Crippen LogP contribution is 2.23.